The molecule has 4 nitrogen and oxygen atoms in total. The minimum absolute atomic E-state index is 0.121. The monoisotopic (exact) mass is 481 g/mol. The third-order valence-corrected chi connectivity index (χ3v) is 7.35. The van der Waals surface area contributed by atoms with E-state index in [9.17, 15) is 10.4 Å². The zero-order valence-corrected chi connectivity index (χ0v) is 20.8. The molecule has 0 unspecified atom stereocenters. The molecule has 0 amide bonds. The van der Waals surface area contributed by atoms with E-state index in [0.29, 0.717) is 12.4 Å². The molecule has 4 aromatic carbocycles. The summed E-state index contributed by atoms with van der Waals surface area (Å²) in [6.07, 6.45) is 3.52. The number of fused-ring (bicyclic) bond motifs is 3. The number of hydrogen-bond acceptors (Lipinski definition) is 3. The van der Waals surface area contributed by atoms with Gasteiger partial charge in [0, 0.05) is 12.6 Å². The molecule has 1 aliphatic rings. The minimum Gasteiger partial charge on any atom is -0.388 e. The molecule has 0 saturated heterocycles. The van der Waals surface area contributed by atoms with E-state index in [1.807, 2.05) is 24.3 Å². The van der Waals surface area contributed by atoms with Crippen molar-refractivity contribution in [3.63, 3.8) is 0 Å². The van der Waals surface area contributed by atoms with Gasteiger partial charge in [0.1, 0.15) is 12.4 Å². The first-order valence-corrected chi connectivity index (χ1v) is 12.6. The van der Waals surface area contributed by atoms with Crippen LogP contribution in [-0.2, 0) is 26.0 Å². The molecule has 0 atom stereocenters. The highest BCUT2D eigenvalue weighted by Crippen LogP contribution is 2.35. The summed E-state index contributed by atoms with van der Waals surface area (Å²) in [4.78, 5) is 4.80. The van der Waals surface area contributed by atoms with E-state index in [1.165, 1.54) is 11.1 Å². The summed E-state index contributed by atoms with van der Waals surface area (Å²) in [5, 5.41) is 19.7. The van der Waals surface area contributed by atoms with E-state index < -0.39 is 0 Å². The molecule has 0 bridgehead atoms. The quantitative estimate of drug-likeness (QED) is 0.294. The van der Waals surface area contributed by atoms with Gasteiger partial charge in [0.05, 0.1) is 17.1 Å². The second kappa shape index (κ2) is 9.54. The van der Waals surface area contributed by atoms with Crippen LogP contribution in [0.5, 0.6) is 0 Å². The Hall–Kier alpha value is -4.46. The Morgan fingerprint density at radius 1 is 0.892 bits per heavy atom. The Labute approximate surface area is 216 Å². The van der Waals surface area contributed by atoms with Gasteiger partial charge >= 0.3 is 0 Å². The van der Waals surface area contributed by atoms with Gasteiger partial charge in [-0.25, -0.2) is 4.98 Å². The molecule has 37 heavy (non-hydrogen) atoms. The largest absolute Gasteiger partial charge is 0.388 e. The summed E-state index contributed by atoms with van der Waals surface area (Å²) in [6, 6.07) is 31.9. The summed E-state index contributed by atoms with van der Waals surface area (Å²) in [5.41, 5.74) is 12.3. The van der Waals surface area contributed by atoms with E-state index >= 15 is 0 Å². The van der Waals surface area contributed by atoms with Gasteiger partial charge in [-0.2, -0.15) is 5.26 Å². The molecule has 1 heterocycles. The van der Waals surface area contributed by atoms with E-state index in [1.54, 1.807) is 6.08 Å². The normalized spacial score (nSPS) is 13.7. The Balaban J connectivity index is 1.44. The third-order valence-electron chi connectivity index (χ3n) is 7.35. The molecule has 0 saturated carbocycles. The molecule has 0 spiro atoms. The van der Waals surface area contributed by atoms with Crippen molar-refractivity contribution in [3.8, 4) is 17.2 Å². The van der Waals surface area contributed by atoms with Crippen molar-refractivity contribution < 1.29 is 5.11 Å². The SMILES string of the molecule is Cc1cc(-c2ccccc2)cc2c1nc(CO)n2Cc1ccc2c(c1)CCc1ccccc1C2=CC#N. The van der Waals surface area contributed by atoms with E-state index in [0.717, 1.165) is 62.8 Å². The Morgan fingerprint density at radius 2 is 1.65 bits per heavy atom. The van der Waals surface area contributed by atoms with Crippen molar-refractivity contribution in [2.45, 2.75) is 32.9 Å². The summed E-state index contributed by atoms with van der Waals surface area (Å²) in [5.74, 6) is 0.663. The number of nitrogens with zero attached hydrogens (tertiary/aromatic N) is 3. The zero-order chi connectivity index (χ0) is 25.4. The molecular formula is C33H27N3O. The molecule has 4 heteroatoms. The average Bonchev–Trinajstić information content (AvgIpc) is 3.21. The summed E-state index contributed by atoms with van der Waals surface area (Å²) in [6.45, 7) is 2.57. The predicted molar refractivity (Wildman–Crippen MR) is 148 cm³/mol. The maximum atomic E-state index is 10.2. The van der Waals surface area contributed by atoms with Crippen LogP contribution in [0.2, 0.25) is 0 Å². The molecular weight excluding hydrogens is 454 g/mol. The maximum Gasteiger partial charge on any atom is 0.136 e. The van der Waals surface area contributed by atoms with Crippen molar-refractivity contribution in [2.24, 2.45) is 0 Å². The average molecular weight is 482 g/mol. The lowest BCUT2D eigenvalue weighted by Gasteiger charge is -2.14. The van der Waals surface area contributed by atoms with Crippen molar-refractivity contribution in [2.75, 3.05) is 0 Å². The number of aliphatic hydroxyl groups excluding tert-OH is 1. The molecule has 1 aromatic heterocycles. The first kappa shape index (κ1) is 23.0. The van der Waals surface area contributed by atoms with Crippen molar-refractivity contribution in [3.05, 3.63) is 130 Å². The van der Waals surface area contributed by atoms with Gasteiger partial charge in [0.2, 0.25) is 0 Å². The smallest absolute Gasteiger partial charge is 0.136 e. The molecule has 1 aliphatic carbocycles. The van der Waals surface area contributed by atoms with Gasteiger partial charge in [-0.15, -0.1) is 0 Å². The second-order valence-electron chi connectivity index (χ2n) is 9.63. The first-order chi connectivity index (χ1) is 18.2. The summed E-state index contributed by atoms with van der Waals surface area (Å²) >= 11 is 0. The van der Waals surface area contributed by atoms with Gasteiger partial charge in [-0.3, -0.25) is 0 Å². The van der Waals surface area contributed by atoms with E-state index in [4.69, 9.17) is 4.98 Å². The second-order valence-corrected chi connectivity index (χ2v) is 9.63. The molecule has 0 aliphatic heterocycles. The summed E-state index contributed by atoms with van der Waals surface area (Å²) in [7, 11) is 0. The van der Waals surface area contributed by atoms with Crippen LogP contribution in [-0.4, -0.2) is 14.7 Å². The standard InChI is InChI=1S/C33H27N3O/c1-22-17-27(24-7-3-2-4-8-24)19-31-33(22)35-32(21-37)36(31)20-23-11-14-29-26(18-23)13-12-25-9-5-6-10-28(25)30(29)15-16-34/h2-11,14-15,17-19,37H,12-13,20-21H2,1H3. The topological polar surface area (TPSA) is 61.8 Å². The van der Waals surface area contributed by atoms with Crippen molar-refractivity contribution >= 4 is 16.6 Å². The third kappa shape index (κ3) is 4.14. The van der Waals surface area contributed by atoms with Crippen LogP contribution < -0.4 is 0 Å². The van der Waals surface area contributed by atoms with Gasteiger partial charge in [0.25, 0.3) is 0 Å². The number of benzene rings is 4. The highest BCUT2D eigenvalue weighted by Gasteiger charge is 2.19. The number of aryl methyl sites for hydroxylation is 3. The lowest BCUT2D eigenvalue weighted by Crippen LogP contribution is -2.06. The van der Waals surface area contributed by atoms with Crippen LogP contribution in [0.1, 0.15) is 39.2 Å². The van der Waals surface area contributed by atoms with Crippen LogP contribution >= 0.6 is 0 Å². The highest BCUT2D eigenvalue weighted by atomic mass is 16.3. The highest BCUT2D eigenvalue weighted by molar-refractivity contribution is 5.87. The number of hydrogen-bond donors (Lipinski definition) is 1. The Morgan fingerprint density at radius 3 is 2.46 bits per heavy atom. The Bertz CT molecular complexity index is 1700. The molecule has 0 radical (unpaired) electrons. The predicted octanol–water partition coefficient (Wildman–Crippen LogP) is 6.61. The zero-order valence-electron chi connectivity index (χ0n) is 20.8. The van der Waals surface area contributed by atoms with Crippen LogP contribution in [0, 0.1) is 18.3 Å². The summed E-state index contributed by atoms with van der Waals surface area (Å²) < 4.78 is 2.13. The number of rotatable bonds is 4. The van der Waals surface area contributed by atoms with Gasteiger partial charge in [0.15, 0.2) is 0 Å². The van der Waals surface area contributed by atoms with Gasteiger partial charge in [-0.1, -0.05) is 72.8 Å². The van der Waals surface area contributed by atoms with E-state index in [-0.39, 0.29) is 6.61 Å². The van der Waals surface area contributed by atoms with E-state index in [2.05, 4.69) is 78.2 Å². The first-order valence-electron chi connectivity index (χ1n) is 12.6. The van der Waals surface area contributed by atoms with Crippen LogP contribution in [0.4, 0.5) is 0 Å². The Kier molecular flexibility index (Phi) is 5.92. The molecule has 1 N–H and O–H groups in total. The maximum absolute atomic E-state index is 10.2. The van der Waals surface area contributed by atoms with Crippen LogP contribution in [0.15, 0.2) is 91.0 Å². The fourth-order valence-corrected chi connectivity index (χ4v) is 5.57. The molecule has 6 rings (SSSR count). The fraction of sp³-hybridized carbons (Fsp3) is 0.152. The number of nitriles is 1. The van der Waals surface area contributed by atoms with Gasteiger partial charge < -0.3 is 9.67 Å². The molecule has 5 aromatic rings. The molecule has 0 fully saturated rings. The fourth-order valence-electron chi connectivity index (χ4n) is 5.57. The lowest BCUT2D eigenvalue weighted by atomic mass is 9.93. The number of aromatic nitrogens is 2. The number of aliphatic hydroxyl groups is 1. The van der Waals surface area contributed by atoms with Crippen LogP contribution in [0.3, 0.4) is 0 Å². The van der Waals surface area contributed by atoms with Crippen molar-refractivity contribution in [1.29, 1.82) is 5.26 Å². The van der Waals surface area contributed by atoms with Crippen LogP contribution in [0.25, 0.3) is 27.7 Å². The molecule has 180 valence electrons. The van der Waals surface area contributed by atoms with Gasteiger partial charge in [-0.05, 0) is 82.0 Å². The number of allylic oxidation sites excluding steroid dienone is 1. The lowest BCUT2D eigenvalue weighted by molar-refractivity contribution is 0.267. The van der Waals surface area contributed by atoms with Crippen molar-refractivity contribution in [1.82, 2.24) is 9.55 Å². The number of imidazole rings is 1. The minimum atomic E-state index is -0.121.